The molecule has 0 bridgehead atoms. The van der Waals surface area contributed by atoms with Crippen molar-refractivity contribution >= 4 is 22.4 Å². The van der Waals surface area contributed by atoms with Gasteiger partial charge in [0.25, 0.3) is 6.43 Å². The Morgan fingerprint density at radius 1 is 1.35 bits per heavy atom. The molecule has 116 valence electrons. The lowest BCUT2D eigenvalue weighted by molar-refractivity contribution is 0.121. The second-order valence-corrected chi connectivity index (χ2v) is 6.23. The molecular formula is C10H17ClF2N4O2S. The fourth-order valence-corrected chi connectivity index (χ4v) is 3.36. The van der Waals surface area contributed by atoms with E-state index >= 15 is 0 Å². The third kappa shape index (κ3) is 4.11. The van der Waals surface area contributed by atoms with Gasteiger partial charge in [-0.3, -0.25) is 4.68 Å². The third-order valence-corrected chi connectivity index (χ3v) is 4.72. The Balaban J connectivity index is 0.00000200. The molecule has 1 aliphatic rings. The number of nitrogens with one attached hydrogen (secondary N) is 1. The van der Waals surface area contributed by atoms with Crippen molar-refractivity contribution in [1.29, 1.82) is 0 Å². The van der Waals surface area contributed by atoms with Crippen molar-refractivity contribution in [1.82, 2.24) is 19.4 Å². The van der Waals surface area contributed by atoms with Crippen LogP contribution in [-0.4, -0.2) is 55.1 Å². The van der Waals surface area contributed by atoms with E-state index in [9.17, 15) is 17.2 Å². The van der Waals surface area contributed by atoms with Gasteiger partial charge < -0.3 is 5.32 Å². The zero-order valence-electron chi connectivity index (χ0n) is 10.7. The van der Waals surface area contributed by atoms with Gasteiger partial charge in [-0.2, -0.15) is 9.40 Å². The Morgan fingerprint density at radius 2 is 2.10 bits per heavy atom. The highest BCUT2D eigenvalue weighted by Gasteiger charge is 2.26. The Labute approximate surface area is 122 Å². The molecule has 10 heteroatoms. The fourth-order valence-electron chi connectivity index (χ4n) is 1.93. The number of sulfonamides is 1. The average Bonchev–Trinajstić information content (AvgIpc) is 2.64. The van der Waals surface area contributed by atoms with E-state index in [1.165, 1.54) is 4.31 Å². The lowest BCUT2D eigenvalue weighted by Gasteiger charge is -2.18. The molecule has 0 unspecified atom stereocenters. The van der Waals surface area contributed by atoms with E-state index in [2.05, 4.69) is 10.4 Å². The first-order valence-electron chi connectivity index (χ1n) is 6.01. The highest BCUT2D eigenvalue weighted by Crippen LogP contribution is 2.16. The highest BCUT2D eigenvalue weighted by molar-refractivity contribution is 7.89. The van der Waals surface area contributed by atoms with Crippen molar-refractivity contribution in [3.8, 4) is 0 Å². The molecule has 0 aromatic carbocycles. The lowest BCUT2D eigenvalue weighted by Crippen LogP contribution is -2.34. The second kappa shape index (κ2) is 7.30. The first-order valence-corrected chi connectivity index (χ1v) is 7.45. The maximum atomic E-state index is 12.3. The molecule has 1 aromatic rings. The van der Waals surface area contributed by atoms with Crippen molar-refractivity contribution in [3.63, 3.8) is 0 Å². The largest absolute Gasteiger partial charge is 0.315 e. The smallest absolute Gasteiger partial charge is 0.257 e. The first kappa shape index (κ1) is 17.3. The van der Waals surface area contributed by atoms with Crippen LogP contribution in [0.3, 0.4) is 0 Å². The van der Waals surface area contributed by atoms with Crippen LogP contribution < -0.4 is 5.32 Å². The number of aromatic nitrogens is 2. The van der Waals surface area contributed by atoms with Crippen molar-refractivity contribution in [2.24, 2.45) is 0 Å². The van der Waals surface area contributed by atoms with Gasteiger partial charge in [-0.25, -0.2) is 17.2 Å². The van der Waals surface area contributed by atoms with E-state index < -0.39 is 23.0 Å². The summed E-state index contributed by atoms with van der Waals surface area (Å²) in [6, 6.07) is 0. The third-order valence-electron chi connectivity index (χ3n) is 2.87. The zero-order valence-corrected chi connectivity index (χ0v) is 12.3. The van der Waals surface area contributed by atoms with Gasteiger partial charge in [0.1, 0.15) is 11.4 Å². The predicted molar refractivity (Wildman–Crippen MR) is 71.7 cm³/mol. The van der Waals surface area contributed by atoms with Crippen LogP contribution in [0.4, 0.5) is 8.78 Å². The molecule has 6 nitrogen and oxygen atoms in total. The zero-order chi connectivity index (χ0) is 13.9. The normalized spacial score (nSPS) is 17.8. The van der Waals surface area contributed by atoms with Crippen LogP contribution in [0.5, 0.6) is 0 Å². The number of halogens is 3. The van der Waals surface area contributed by atoms with Crippen LogP contribution in [-0.2, 0) is 16.6 Å². The number of alkyl halides is 2. The topological polar surface area (TPSA) is 67.2 Å². The molecule has 0 atom stereocenters. The molecule has 1 N–H and O–H groups in total. The van der Waals surface area contributed by atoms with E-state index in [4.69, 9.17) is 0 Å². The van der Waals surface area contributed by atoms with Gasteiger partial charge in [0.05, 0.1) is 6.20 Å². The summed E-state index contributed by atoms with van der Waals surface area (Å²) in [4.78, 5) is -0.0324. The molecule has 2 rings (SSSR count). The molecule has 1 aliphatic heterocycles. The summed E-state index contributed by atoms with van der Waals surface area (Å²) >= 11 is 0. The van der Waals surface area contributed by atoms with E-state index in [1.807, 2.05) is 0 Å². The molecule has 20 heavy (non-hydrogen) atoms. The summed E-state index contributed by atoms with van der Waals surface area (Å²) in [5, 5.41) is 6.76. The number of hydrogen-bond donors (Lipinski definition) is 1. The van der Waals surface area contributed by atoms with Gasteiger partial charge in [0, 0.05) is 25.8 Å². The standard InChI is InChI=1S/C10H16F2N4O2S.ClH/c11-10(12)8-15-7-9(6-14-15)19(17,18)16-4-1-2-13-3-5-16;/h6-7,10,13H,1-5,8H2;1H. The van der Waals surface area contributed by atoms with Crippen LogP contribution >= 0.6 is 12.4 Å². The monoisotopic (exact) mass is 330 g/mol. The molecule has 1 aromatic heterocycles. The van der Waals surface area contributed by atoms with Crippen LogP contribution in [0, 0.1) is 0 Å². The van der Waals surface area contributed by atoms with Gasteiger partial charge in [0.15, 0.2) is 0 Å². The minimum absolute atomic E-state index is 0. The van der Waals surface area contributed by atoms with E-state index in [1.54, 1.807) is 0 Å². The van der Waals surface area contributed by atoms with Crippen molar-refractivity contribution in [2.45, 2.75) is 24.3 Å². The molecular weight excluding hydrogens is 314 g/mol. The van der Waals surface area contributed by atoms with Gasteiger partial charge >= 0.3 is 0 Å². The van der Waals surface area contributed by atoms with Crippen LogP contribution in [0.15, 0.2) is 17.3 Å². The molecule has 0 radical (unpaired) electrons. The lowest BCUT2D eigenvalue weighted by atomic mass is 10.4. The maximum absolute atomic E-state index is 12.3. The Hall–Kier alpha value is -0.770. The quantitative estimate of drug-likeness (QED) is 0.875. The molecule has 1 fully saturated rings. The number of hydrogen-bond acceptors (Lipinski definition) is 4. The van der Waals surface area contributed by atoms with Gasteiger partial charge in [-0.05, 0) is 13.0 Å². The van der Waals surface area contributed by atoms with Crippen molar-refractivity contribution in [2.75, 3.05) is 26.2 Å². The molecule has 2 heterocycles. The van der Waals surface area contributed by atoms with Crippen LogP contribution in [0.25, 0.3) is 0 Å². The SMILES string of the molecule is Cl.O=S(=O)(c1cnn(CC(F)F)c1)N1CCCNCC1. The fraction of sp³-hybridized carbons (Fsp3) is 0.700. The molecule has 0 saturated carbocycles. The van der Waals surface area contributed by atoms with Gasteiger partial charge in [-0.1, -0.05) is 0 Å². The minimum Gasteiger partial charge on any atom is -0.315 e. The molecule has 0 amide bonds. The summed E-state index contributed by atoms with van der Waals surface area (Å²) in [5.41, 5.74) is 0. The molecule has 0 spiro atoms. The highest BCUT2D eigenvalue weighted by atomic mass is 35.5. The predicted octanol–water partition coefficient (Wildman–Crippen LogP) is 0.554. The van der Waals surface area contributed by atoms with Gasteiger partial charge in [0.2, 0.25) is 10.0 Å². The van der Waals surface area contributed by atoms with Crippen LogP contribution in [0.1, 0.15) is 6.42 Å². The second-order valence-electron chi connectivity index (χ2n) is 4.30. The van der Waals surface area contributed by atoms with Gasteiger partial charge in [-0.15, -0.1) is 12.4 Å². The number of rotatable bonds is 4. The molecule has 0 aliphatic carbocycles. The van der Waals surface area contributed by atoms with Crippen LogP contribution in [0.2, 0.25) is 0 Å². The van der Waals surface area contributed by atoms with E-state index in [-0.39, 0.29) is 17.3 Å². The number of nitrogens with zero attached hydrogens (tertiary/aromatic N) is 3. The maximum Gasteiger partial charge on any atom is 0.257 e. The summed E-state index contributed by atoms with van der Waals surface area (Å²) in [6.45, 7) is 1.57. The summed E-state index contributed by atoms with van der Waals surface area (Å²) in [6.07, 6.45) is 0.443. The van der Waals surface area contributed by atoms with Crippen molar-refractivity contribution < 1.29 is 17.2 Å². The van der Waals surface area contributed by atoms with E-state index in [0.717, 1.165) is 30.0 Å². The Bertz CT molecular complexity index is 515. The first-order chi connectivity index (χ1) is 9.00. The van der Waals surface area contributed by atoms with E-state index in [0.29, 0.717) is 19.6 Å². The molecule has 1 saturated heterocycles. The summed E-state index contributed by atoms with van der Waals surface area (Å²) in [5.74, 6) is 0. The average molecular weight is 331 g/mol. The Morgan fingerprint density at radius 3 is 2.80 bits per heavy atom. The summed E-state index contributed by atoms with van der Waals surface area (Å²) in [7, 11) is -3.64. The minimum atomic E-state index is -3.64. The Kier molecular flexibility index (Phi) is 6.31. The summed E-state index contributed by atoms with van der Waals surface area (Å²) < 4.78 is 51.3. The van der Waals surface area contributed by atoms with Crippen molar-refractivity contribution in [3.05, 3.63) is 12.4 Å².